The van der Waals surface area contributed by atoms with Crippen molar-refractivity contribution < 1.29 is 4.79 Å². The average molecular weight is 320 g/mol. The lowest BCUT2D eigenvalue weighted by molar-refractivity contribution is 0.0239. The third kappa shape index (κ3) is 2.86. The number of fused-ring (bicyclic) bond motifs is 1. The third-order valence-electron chi connectivity index (χ3n) is 6.93. The van der Waals surface area contributed by atoms with Crippen molar-refractivity contribution in [2.24, 2.45) is 0 Å². The minimum Gasteiger partial charge on any atom is -0.333 e. The SMILES string of the molecule is CC1(N2CCC(N3C(=O)NC4CCCCC43)CC2)CCNCC1. The zero-order valence-electron chi connectivity index (χ0n) is 14.5. The van der Waals surface area contributed by atoms with Crippen LogP contribution in [0.3, 0.4) is 0 Å². The number of carbonyl (C=O) groups excluding carboxylic acids is 1. The van der Waals surface area contributed by atoms with Gasteiger partial charge in [0, 0.05) is 24.7 Å². The summed E-state index contributed by atoms with van der Waals surface area (Å²) in [7, 11) is 0. The van der Waals surface area contributed by atoms with Crippen LogP contribution in [0.1, 0.15) is 58.3 Å². The maximum Gasteiger partial charge on any atom is 0.318 e. The molecule has 3 heterocycles. The van der Waals surface area contributed by atoms with Gasteiger partial charge in [-0.1, -0.05) is 12.8 Å². The van der Waals surface area contributed by atoms with E-state index in [-0.39, 0.29) is 6.03 Å². The van der Waals surface area contributed by atoms with E-state index < -0.39 is 0 Å². The number of hydrogen-bond donors (Lipinski definition) is 2. The number of nitrogens with zero attached hydrogens (tertiary/aromatic N) is 2. The number of carbonyl (C=O) groups is 1. The maximum absolute atomic E-state index is 12.5. The number of hydrogen-bond acceptors (Lipinski definition) is 3. The van der Waals surface area contributed by atoms with Gasteiger partial charge in [0.1, 0.15) is 0 Å². The normalized spacial score (nSPS) is 35.9. The van der Waals surface area contributed by atoms with E-state index in [1.807, 2.05) is 0 Å². The minimum atomic E-state index is 0.216. The molecule has 4 rings (SSSR count). The predicted octanol–water partition coefficient (Wildman–Crippen LogP) is 1.93. The number of urea groups is 1. The highest BCUT2D eigenvalue weighted by atomic mass is 16.2. The van der Waals surface area contributed by atoms with Crippen molar-refractivity contribution >= 4 is 6.03 Å². The van der Waals surface area contributed by atoms with Crippen LogP contribution in [0.15, 0.2) is 0 Å². The Morgan fingerprint density at radius 1 is 1.04 bits per heavy atom. The average Bonchev–Trinajstić information content (AvgIpc) is 2.91. The lowest BCUT2D eigenvalue weighted by Gasteiger charge is -2.49. The first kappa shape index (κ1) is 15.7. The summed E-state index contributed by atoms with van der Waals surface area (Å²) < 4.78 is 0. The molecule has 2 amide bonds. The summed E-state index contributed by atoms with van der Waals surface area (Å²) in [4.78, 5) is 17.4. The molecule has 0 bridgehead atoms. The maximum atomic E-state index is 12.5. The monoisotopic (exact) mass is 320 g/mol. The van der Waals surface area contributed by atoms with Gasteiger partial charge >= 0.3 is 6.03 Å². The van der Waals surface area contributed by atoms with Gasteiger partial charge in [0.2, 0.25) is 0 Å². The first-order valence-electron chi connectivity index (χ1n) is 9.72. The first-order chi connectivity index (χ1) is 11.2. The molecule has 0 aromatic rings. The Labute approximate surface area is 140 Å². The second kappa shape index (κ2) is 6.25. The molecule has 0 aromatic heterocycles. The van der Waals surface area contributed by atoms with E-state index in [0.29, 0.717) is 23.7 Å². The Hall–Kier alpha value is -0.810. The summed E-state index contributed by atoms with van der Waals surface area (Å²) in [5, 5.41) is 6.73. The van der Waals surface area contributed by atoms with E-state index in [1.54, 1.807) is 0 Å². The molecule has 2 unspecified atom stereocenters. The highest BCUT2D eigenvalue weighted by Crippen LogP contribution is 2.34. The Balaban J connectivity index is 1.38. The molecule has 3 aliphatic heterocycles. The molecule has 1 saturated carbocycles. The van der Waals surface area contributed by atoms with E-state index in [1.165, 1.54) is 38.5 Å². The van der Waals surface area contributed by atoms with Crippen molar-refractivity contribution in [1.29, 1.82) is 0 Å². The van der Waals surface area contributed by atoms with E-state index in [2.05, 4.69) is 27.4 Å². The molecule has 0 spiro atoms. The number of piperidine rings is 2. The summed E-state index contributed by atoms with van der Waals surface area (Å²) in [6.45, 7) is 7.04. The van der Waals surface area contributed by atoms with Crippen LogP contribution in [0.25, 0.3) is 0 Å². The molecule has 2 atom stereocenters. The van der Waals surface area contributed by atoms with Crippen molar-refractivity contribution in [3.63, 3.8) is 0 Å². The molecule has 3 saturated heterocycles. The van der Waals surface area contributed by atoms with Crippen molar-refractivity contribution in [2.75, 3.05) is 26.2 Å². The van der Waals surface area contributed by atoms with Crippen LogP contribution < -0.4 is 10.6 Å². The lowest BCUT2D eigenvalue weighted by Crippen LogP contribution is -2.58. The van der Waals surface area contributed by atoms with Crippen LogP contribution in [-0.4, -0.2) is 65.7 Å². The van der Waals surface area contributed by atoms with Crippen molar-refractivity contribution in [1.82, 2.24) is 20.4 Å². The summed E-state index contributed by atoms with van der Waals surface area (Å²) >= 11 is 0. The molecule has 5 nitrogen and oxygen atoms in total. The zero-order chi connectivity index (χ0) is 15.9. The van der Waals surface area contributed by atoms with Crippen LogP contribution in [0.2, 0.25) is 0 Å². The largest absolute Gasteiger partial charge is 0.333 e. The molecular formula is C18H32N4O. The second-order valence-electron chi connectivity index (χ2n) is 8.28. The molecular weight excluding hydrogens is 288 g/mol. The van der Waals surface area contributed by atoms with Gasteiger partial charge in [-0.05, 0) is 58.5 Å². The van der Waals surface area contributed by atoms with E-state index in [4.69, 9.17) is 0 Å². The van der Waals surface area contributed by atoms with Gasteiger partial charge in [-0.25, -0.2) is 4.79 Å². The van der Waals surface area contributed by atoms with E-state index in [0.717, 1.165) is 39.0 Å². The van der Waals surface area contributed by atoms with E-state index >= 15 is 0 Å². The standard InChI is InChI=1S/C18H32N4O/c1-18(8-10-19-11-9-18)21-12-6-14(7-13-21)22-16-5-3-2-4-15(16)20-17(22)23/h14-16,19H,2-13H2,1H3,(H,20,23). The Morgan fingerprint density at radius 3 is 2.48 bits per heavy atom. The molecule has 0 radical (unpaired) electrons. The molecule has 23 heavy (non-hydrogen) atoms. The fraction of sp³-hybridized carbons (Fsp3) is 0.944. The molecule has 4 fully saturated rings. The highest BCUT2D eigenvalue weighted by molar-refractivity contribution is 5.78. The summed E-state index contributed by atoms with van der Waals surface area (Å²) in [5.74, 6) is 0. The van der Waals surface area contributed by atoms with Crippen molar-refractivity contribution in [3.8, 4) is 0 Å². The quantitative estimate of drug-likeness (QED) is 0.817. The summed E-state index contributed by atoms with van der Waals surface area (Å²) in [5.41, 5.74) is 0.372. The predicted molar refractivity (Wildman–Crippen MR) is 91.5 cm³/mol. The zero-order valence-corrected chi connectivity index (χ0v) is 14.5. The summed E-state index contributed by atoms with van der Waals surface area (Å²) in [6.07, 6.45) is 9.76. The van der Waals surface area contributed by atoms with E-state index in [9.17, 15) is 4.79 Å². The lowest BCUT2D eigenvalue weighted by atomic mass is 9.85. The van der Waals surface area contributed by atoms with Crippen molar-refractivity contribution in [3.05, 3.63) is 0 Å². The van der Waals surface area contributed by atoms with Crippen LogP contribution in [0.4, 0.5) is 4.79 Å². The molecule has 4 aliphatic rings. The molecule has 0 aromatic carbocycles. The Kier molecular flexibility index (Phi) is 4.26. The first-order valence-corrected chi connectivity index (χ1v) is 9.72. The van der Waals surface area contributed by atoms with Gasteiger partial charge in [-0.2, -0.15) is 0 Å². The fourth-order valence-corrected chi connectivity index (χ4v) is 5.40. The van der Waals surface area contributed by atoms with Gasteiger partial charge in [0.15, 0.2) is 0 Å². The van der Waals surface area contributed by atoms with Gasteiger partial charge in [-0.15, -0.1) is 0 Å². The highest BCUT2D eigenvalue weighted by Gasteiger charge is 2.45. The second-order valence-corrected chi connectivity index (χ2v) is 8.28. The van der Waals surface area contributed by atoms with Crippen LogP contribution >= 0.6 is 0 Å². The van der Waals surface area contributed by atoms with Gasteiger partial charge in [0.25, 0.3) is 0 Å². The number of amides is 2. The minimum absolute atomic E-state index is 0.216. The Morgan fingerprint density at radius 2 is 1.74 bits per heavy atom. The summed E-state index contributed by atoms with van der Waals surface area (Å²) in [6, 6.07) is 1.58. The molecule has 5 heteroatoms. The van der Waals surface area contributed by atoms with Gasteiger partial charge < -0.3 is 15.5 Å². The molecule has 130 valence electrons. The molecule has 2 N–H and O–H groups in total. The van der Waals surface area contributed by atoms with Crippen LogP contribution in [0, 0.1) is 0 Å². The fourth-order valence-electron chi connectivity index (χ4n) is 5.40. The van der Waals surface area contributed by atoms with Gasteiger partial charge in [0.05, 0.1) is 12.1 Å². The van der Waals surface area contributed by atoms with Crippen LogP contribution in [0.5, 0.6) is 0 Å². The topological polar surface area (TPSA) is 47.6 Å². The number of rotatable bonds is 2. The number of nitrogens with one attached hydrogen (secondary N) is 2. The third-order valence-corrected chi connectivity index (χ3v) is 6.93. The van der Waals surface area contributed by atoms with Gasteiger partial charge in [-0.3, -0.25) is 4.90 Å². The number of likely N-dealkylation sites (tertiary alicyclic amines) is 1. The van der Waals surface area contributed by atoms with Crippen LogP contribution in [-0.2, 0) is 0 Å². The Bertz CT molecular complexity index is 440. The molecule has 1 aliphatic carbocycles. The van der Waals surface area contributed by atoms with Crippen molar-refractivity contribution in [2.45, 2.75) is 82.0 Å². The smallest absolute Gasteiger partial charge is 0.318 e.